The van der Waals surface area contributed by atoms with Crippen LogP contribution in [0.3, 0.4) is 0 Å². The van der Waals surface area contributed by atoms with Crippen LogP contribution in [0.15, 0.2) is 87.4 Å². The van der Waals surface area contributed by atoms with Gasteiger partial charge in [-0.15, -0.1) is 0 Å². The van der Waals surface area contributed by atoms with Gasteiger partial charge in [0.1, 0.15) is 42.0 Å². The lowest BCUT2D eigenvalue weighted by Gasteiger charge is -2.31. The lowest BCUT2D eigenvalue weighted by molar-refractivity contribution is -0.145. The molecule has 7 atom stereocenters. The number of unbranched alkanes of at least 4 members (excludes halogenated alkanes) is 1. The van der Waals surface area contributed by atoms with Gasteiger partial charge in [0.05, 0.1) is 30.5 Å². The van der Waals surface area contributed by atoms with Gasteiger partial charge in [0, 0.05) is 29.7 Å². The Morgan fingerprint density at radius 3 is 2.07 bits per heavy atom. The second-order valence-electron chi connectivity index (χ2n) is 20.8. The van der Waals surface area contributed by atoms with Crippen molar-refractivity contribution in [1.82, 2.24) is 42.1 Å². The minimum Gasteiger partial charge on any atom is -0.507 e. The number of nitrogens with one attached hydrogen (secondary N) is 8. The number of benzene rings is 3. The van der Waals surface area contributed by atoms with Crippen molar-refractivity contribution < 1.29 is 68.1 Å². The van der Waals surface area contributed by atoms with Gasteiger partial charge in [-0.05, 0) is 119 Å². The van der Waals surface area contributed by atoms with E-state index in [0.717, 1.165) is 0 Å². The fourth-order valence-electron chi connectivity index (χ4n) is 8.90. The minimum absolute atomic E-state index is 0.00269. The number of phenolic OH excluding ortho intramolecular Hbond substituents is 1. The van der Waals surface area contributed by atoms with E-state index in [9.17, 15) is 63.3 Å². The molecule has 468 valence electrons. The molecule has 0 aliphatic carbocycles. The van der Waals surface area contributed by atoms with Crippen LogP contribution in [0.2, 0.25) is 0 Å². The number of hydrogen-bond acceptors (Lipinski definition) is 16. The zero-order valence-electron chi connectivity index (χ0n) is 48.4. The van der Waals surface area contributed by atoms with Crippen LogP contribution < -0.4 is 59.7 Å². The number of aliphatic imine (C=N–C) groups is 1. The molecule has 28 nitrogen and oxygen atoms in total. The highest BCUT2D eigenvalue weighted by atomic mass is 79.9. The minimum atomic E-state index is -1.65. The first kappa shape index (κ1) is 69.8. The van der Waals surface area contributed by atoms with Gasteiger partial charge in [-0.25, -0.2) is 4.79 Å². The summed E-state index contributed by atoms with van der Waals surface area (Å²) in [7, 11) is 0. The van der Waals surface area contributed by atoms with Crippen LogP contribution >= 0.6 is 15.9 Å². The Morgan fingerprint density at radius 2 is 1.42 bits per heavy atom. The number of nitrogens with zero attached hydrogens (tertiary/aromatic N) is 3. The summed E-state index contributed by atoms with van der Waals surface area (Å²) in [5, 5.41) is 54.9. The van der Waals surface area contributed by atoms with Crippen LogP contribution in [0.25, 0.3) is 0 Å². The number of aliphatic hydroxyl groups is 1. The number of halogens is 1. The first-order valence-electron chi connectivity index (χ1n) is 28.0. The Bertz CT molecular complexity index is 2890. The number of aromatic hydroxyl groups is 1. The van der Waals surface area contributed by atoms with Crippen LogP contribution in [-0.2, 0) is 54.4 Å². The number of phenols is 1. The van der Waals surface area contributed by atoms with Crippen LogP contribution in [-0.4, -0.2) is 173 Å². The number of carboxylic acid groups (broad SMARTS) is 1. The summed E-state index contributed by atoms with van der Waals surface area (Å²) in [5.74, 6) is -8.68. The van der Waals surface area contributed by atoms with Gasteiger partial charge >= 0.3 is 5.97 Å². The smallest absolute Gasteiger partial charge is 0.326 e. The lowest BCUT2D eigenvalue weighted by atomic mass is 10.0. The molecule has 86 heavy (non-hydrogen) atoms. The van der Waals surface area contributed by atoms with E-state index in [1.54, 1.807) is 81.4 Å². The van der Waals surface area contributed by atoms with Gasteiger partial charge in [-0.3, -0.25) is 48.1 Å². The van der Waals surface area contributed by atoms with Gasteiger partial charge in [0.15, 0.2) is 12.6 Å². The van der Waals surface area contributed by atoms with E-state index in [0.29, 0.717) is 46.3 Å². The number of anilines is 1. The molecular weight excluding hydrogens is 1180 g/mol. The molecule has 0 aromatic heterocycles. The number of likely N-dealkylation sites (tertiary alicyclic amines) is 1. The maximum absolute atomic E-state index is 14.1. The number of aliphatic hydroxyl groups excluding tert-OH is 1. The zero-order chi connectivity index (χ0) is 63.5. The van der Waals surface area contributed by atoms with Gasteiger partial charge in [0.25, 0.3) is 11.8 Å². The molecule has 4 rings (SSSR count). The van der Waals surface area contributed by atoms with Crippen molar-refractivity contribution in [3.05, 3.63) is 94.0 Å². The Hall–Kier alpha value is -8.70. The summed E-state index contributed by atoms with van der Waals surface area (Å²) >= 11 is 3.28. The number of carbonyl (C=O) groups excluding carboxylic acids is 9. The fourth-order valence-corrected chi connectivity index (χ4v) is 9.26. The Kier molecular flexibility index (Phi) is 28.9. The number of carbonyl (C=O) groups is 10. The summed E-state index contributed by atoms with van der Waals surface area (Å²) in [6.45, 7) is 5.04. The van der Waals surface area contributed by atoms with E-state index in [4.69, 9.17) is 22.0 Å². The van der Waals surface area contributed by atoms with Crippen molar-refractivity contribution in [2.24, 2.45) is 33.3 Å². The molecule has 3 aromatic rings. The molecule has 1 aliphatic rings. The Labute approximate surface area is 506 Å². The third kappa shape index (κ3) is 23.7. The summed E-state index contributed by atoms with van der Waals surface area (Å²) in [4.78, 5) is 144. The average Bonchev–Trinajstić information content (AvgIpc) is 3.09. The standard InChI is InChI=1S/C57H79BrN14O14/c1-32(2)26-42(51(79)64-30-47(76)70-49(34(4)73)54(82)67-40(14-8-9-23-59)55(83)72-25-11-16-44(72)53(81)68-41(56(84)85)15-10-24-62-57(60)61)69-52(80)43(27-35-12-6-5-7-13-35)66-46(75)29-63-48(77)31-86-71-33(3)36-17-20-38(21-18-36)65-50(78)39-28-37(58)19-22-45(39)74/h5-7,12-13,17-22,28,32,34,40-44,49,73-74H,8-11,14-16,23-27,29-31,59H2,1-4H3,(H,63,77)(H,64,79)(H,65,78)(H,66,75)(H,67,82)(H,68,81)(H,69,80)(H,70,76)(H,84,85)(H4,60,61,62)/b71-33+/t34-,40+,41-,42+,43+,44-,49+/m1/s1. The summed E-state index contributed by atoms with van der Waals surface area (Å²) in [6.07, 6.45) is 0.231. The summed E-state index contributed by atoms with van der Waals surface area (Å²) < 4.78 is 0.612. The maximum Gasteiger partial charge on any atom is 0.326 e. The number of aliphatic carboxylic acids is 1. The largest absolute Gasteiger partial charge is 0.507 e. The Morgan fingerprint density at radius 1 is 0.756 bits per heavy atom. The van der Waals surface area contributed by atoms with Gasteiger partial charge < -0.3 is 84.8 Å². The summed E-state index contributed by atoms with van der Waals surface area (Å²) in [6, 6.07) is 11.9. The van der Waals surface area contributed by atoms with E-state index in [-0.39, 0.29) is 81.3 Å². The Balaban J connectivity index is 1.34. The first-order valence-corrected chi connectivity index (χ1v) is 28.8. The molecule has 1 aliphatic heterocycles. The van der Waals surface area contributed by atoms with Crippen LogP contribution in [0, 0.1) is 5.92 Å². The molecule has 29 heteroatoms. The predicted molar refractivity (Wildman–Crippen MR) is 321 cm³/mol. The monoisotopic (exact) mass is 1260 g/mol. The van der Waals surface area contributed by atoms with E-state index in [1.807, 2.05) is 0 Å². The van der Waals surface area contributed by atoms with Crippen molar-refractivity contribution in [3.8, 4) is 5.75 Å². The SMILES string of the molecule is C/C(=N\OCC(=O)NCC(=O)N[C@@H](Cc1ccccc1)C(=O)N[C@@H](CC(C)C)C(=O)NCC(=O)N[C@H](C(=O)N[C@@H](CCCCN)C(=O)N1CCC[C@@H]1C(=O)N[C@H](CCCN=C(N)N)C(=O)O)[C@@H](C)O)c1ccc(NC(=O)c2cc(Br)ccc2O)cc1. The highest BCUT2D eigenvalue weighted by Gasteiger charge is 2.40. The lowest BCUT2D eigenvalue weighted by Crippen LogP contribution is -2.60. The van der Waals surface area contributed by atoms with Crippen molar-refractivity contribution >= 4 is 92.4 Å². The average molecular weight is 1260 g/mol. The maximum atomic E-state index is 14.1. The third-order valence-corrected chi connectivity index (χ3v) is 13.8. The number of carboxylic acids is 1. The molecule has 0 saturated carbocycles. The van der Waals surface area contributed by atoms with Gasteiger partial charge in [-0.2, -0.15) is 0 Å². The first-order chi connectivity index (χ1) is 40.9. The highest BCUT2D eigenvalue weighted by Crippen LogP contribution is 2.24. The number of oxime groups is 1. The second kappa shape index (κ2) is 35.6. The number of amides is 9. The number of hydrogen-bond donors (Lipinski definition) is 14. The quantitative estimate of drug-likeness (QED) is 0.0158. The molecular formula is C57H79BrN14O14. The van der Waals surface area contributed by atoms with Crippen molar-refractivity contribution in [3.63, 3.8) is 0 Å². The second-order valence-corrected chi connectivity index (χ2v) is 21.7. The van der Waals surface area contributed by atoms with E-state index in [2.05, 4.69) is 68.6 Å². The molecule has 9 amide bonds. The van der Waals surface area contributed by atoms with E-state index in [1.165, 1.54) is 24.0 Å². The molecule has 0 radical (unpaired) electrons. The van der Waals surface area contributed by atoms with Crippen molar-refractivity contribution in [2.45, 2.75) is 128 Å². The van der Waals surface area contributed by atoms with E-state index < -0.39 is 121 Å². The molecule has 3 aromatic carbocycles. The molecule has 1 fully saturated rings. The molecule has 0 unspecified atom stereocenters. The number of nitrogens with two attached hydrogens (primary N) is 3. The zero-order valence-corrected chi connectivity index (χ0v) is 50.0. The third-order valence-electron chi connectivity index (χ3n) is 13.3. The normalized spacial score (nSPS) is 15.0. The van der Waals surface area contributed by atoms with Gasteiger partial charge in [-0.1, -0.05) is 77.4 Å². The fraction of sp³-hybridized carbons (Fsp3) is 0.474. The molecule has 1 saturated heterocycles. The van der Waals surface area contributed by atoms with Gasteiger partial charge in [0.2, 0.25) is 41.4 Å². The number of rotatable bonds is 34. The van der Waals surface area contributed by atoms with Crippen molar-refractivity contribution in [2.75, 3.05) is 44.6 Å². The van der Waals surface area contributed by atoms with Crippen LogP contribution in [0.5, 0.6) is 5.75 Å². The predicted octanol–water partition coefficient (Wildman–Crippen LogP) is -0.268. The van der Waals surface area contributed by atoms with Crippen LogP contribution in [0.1, 0.15) is 101 Å². The molecule has 17 N–H and O–H groups in total. The van der Waals surface area contributed by atoms with Crippen LogP contribution in [0.4, 0.5) is 5.69 Å². The highest BCUT2D eigenvalue weighted by molar-refractivity contribution is 9.10. The topological polar surface area (TPSA) is 443 Å². The molecule has 1 heterocycles. The summed E-state index contributed by atoms with van der Waals surface area (Å²) in [5.41, 5.74) is 18.5. The molecule has 0 spiro atoms. The molecule has 0 bridgehead atoms. The van der Waals surface area contributed by atoms with Crippen molar-refractivity contribution in [1.29, 1.82) is 0 Å². The number of guanidine groups is 1. The van der Waals surface area contributed by atoms with E-state index >= 15 is 0 Å².